The molecule has 6 nitrogen and oxygen atoms in total. The van der Waals surface area contributed by atoms with Crippen LogP contribution in [0, 0.1) is 0 Å². The fourth-order valence-electron chi connectivity index (χ4n) is 2.71. The molecule has 0 spiro atoms. The third-order valence-corrected chi connectivity index (χ3v) is 4.99. The highest BCUT2D eigenvalue weighted by Crippen LogP contribution is 2.32. The van der Waals surface area contributed by atoms with Crippen LogP contribution in [0.15, 0.2) is 36.0 Å². The van der Waals surface area contributed by atoms with Crippen molar-refractivity contribution in [3.05, 3.63) is 42.0 Å². The van der Waals surface area contributed by atoms with Gasteiger partial charge in [-0.15, -0.1) is 16.8 Å². The zero-order valence-corrected chi connectivity index (χ0v) is 16.6. The summed E-state index contributed by atoms with van der Waals surface area (Å²) in [5, 5.41) is 11.6. The lowest BCUT2D eigenvalue weighted by Gasteiger charge is -2.20. The Morgan fingerprint density at radius 3 is 2.42 bits per heavy atom. The zero-order valence-electron chi connectivity index (χ0n) is 15.8. The van der Waals surface area contributed by atoms with Crippen LogP contribution >= 0.6 is 11.8 Å². The highest BCUT2D eigenvalue weighted by atomic mass is 32.2. The summed E-state index contributed by atoms with van der Waals surface area (Å²) in [6.07, 6.45) is 1.72. The number of carbonyl (C=O) groups excluding carboxylic acids is 1. The molecular weight excluding hydrogens is 346 g/mol. The molecule has 0 bridgehead atoms. The molecular formula is C19H27N5OS. The van der Waals surface area contributed by atoms with Gasteiger partial charge < -0.3 is 11.1 Å². The summed E-state index contributed by atoms with van der Waals surface area (Å²) >= 11 is 1.31. The predicted molar refractivity (Wildman–Crippen MR) is 109 cm³/mol. The van der Waals surface area contributed by atoms with Crippen LogP contribution in [-0.2, 0) is 11.3 Å². The number of hydrogen-bond acceptors (Lipinski definition) is 5. The Bertz CT molecular complexity index is 756. The number of para-hydroxylation sites is 1. The van der Waals surface area contributed by atoms with Gasteiger partial charge in [0.25, 0.3) is 0 Å². The number of carbonyl (C=O) groups is 1. The number of aromatic nitrogens is 3. The Kier molecular flexibility index (Phi) is 6.85. The standard InChI is InChI=1S/C19H27N5OS/c1-6-10-24-18(20)22-23-19(24)26-11-16(25)21-17-14(12(2)3)8-7-9-15(17)13(4)5/h6-9,12-13H,1,10-11H2,2-5H3,(H2,20,22)(H,21,25). The van der Waals surface area contributed by atoms with Gasteiger partial charge in [-0.1, -0.05) is 63.7 Å². The normalized spacial score (nSPS) is 11.2. The van der Waals surface area contributed by atoms with Crippen molar-refractivity contribution < 1.29 is 4.79 Å². The number of nitrogens with zero attached hydrogens (tertiary/aromatic N) is 3. The van der Waals surface area contributed by atoms with Gasteiger partial charge in [-0.05, 0) is 23.0 Å². The van der Waals surface area contributed by atoms with Crippen LogP contribution in [0.2, 0.25) is 0 Å². The highest BCUT2D eigenvalue weighted by Gasteiger charge is 2.17. The number of nitrogens with two attached hydrogens (primary N) is 1. The minimum atomic E-state index is -0.0725. The first-order valence-electron chi connectivity index (χ1n) is 8.70. The Morgan fingerprint density at radius 1 is 1.27 bits per heavy atom. The van der Waals surface area contributed by atoms with E-state index < -0.39 is 0 Å². The van der Waals surface area contributed by atoms with E-state index in [2.05, 4.69) is 68.0 Å². The summed E-state index contributed by atoms with van der Waals surface area (Å²) in [4.78, 5) is 12.6. The number of nitrogen functional groups attached to an aromatic ring is 1. The molecule has 26 heavy (non-hydrogen) atoms. The number of anilines is 2. The van der Waals surface area contributed by atoms with Crippen molar-refractivity contribution in [2.45, 2.75) is 51.2 Å². The van der Waals surface area contributed by atoms with E-state index in [-0.39, 0.29) is 11.7 Å². The molecule has 140 valence electrons. The molecule has 0 aliphatic heterocycles. The smallest absolute Gasteiger partial charge is 0.234 e. The van der Waals surface area contributed by atoms with Gasteiger partial charge in [-0.2, -0.15) is 0 Å². The molecule has 2 aromatic rings. The van der Waals surface area contributed by atoms with E-state index >= 15 is 0 Å². The Morgan fingerprint density at radius 2 is 1.88 bits per heavy atom. The molecule has 1 aromatic carbocycles. The largest absolute Gasteiger partial charge is 0.368 e. The first kappa shape index (κ1) is 20.0. The fraction of sp³-hybridized carbons (Fsp3) is 0.421. The molecule has 3 N–H and O–H groups in total. The van der Waals surface area contributed by atoms with Crippen LogP contribution in [0.3, 0.4) is 0 Å². The predicted octanol–water partition coefficient (Wildman–Crippen LogP) is 4.02. The average Bonchev–Trinajstić information content (AvgIpc) is 2.93. The maximum absolute atomic E-state index is 12.6. The summed E-state index contributed by atoms with van der Waals surface area (Å²) in [5.74, 6) is 1.13. The Hall–Kier alpha value is -2.28. The van der Waals surface area contributed by atoms with Gasteiger partial charge in [0.2, 0.25) is 11.9 Å². The van der Waals surface area contributed by atoms with Crippen molar-refractivity contribution in [2.75, 3.05) is 16.8 Å². The molecule has 0 saturated carbocycles. The topological polar surface area (TPSA) is 85.8 Å². The van der Waals surface area contributed by atoms with Crippen LogP contribution in [0.1, 0.15) is 50.7 Å². The lowest BCUT2D eigenvalue weighted by Crippen LogP contribution is -2.18. The zero-order chi connectivity index (χ0) is 19.3. The van der Waals surface area contributed by atoms with E-state index in [1.165, 1.54) is 11.8 Å². The van der Waals surface area contributed by atoms with Gasteiger partial charge in [-0.25, -0.2) is 0 Å². The maximum atomic E-state index is 12.6. The first-order chi connectivity index (χ1) is 12.3. The second kappa shape index (κ2) is 8.89. The van der Waals surface area contributed by atoms with Crippen molar-refractivity contribution in [3.63, 3.8) is 0 Å². The average molecular weight is 374 g/mol. The Labute approximate surface area is 159 Å². The molecule has 0 atom stereocenters. The molecule has 7 heteroatoms. The summed E-state index contributed by atoms with van der Waals surface area (Å²) in [7, 11) is 0. The molecule has 1 aromatic heterocycles. The highest BCUT2D eigenvalue weighted by molar-refractivity contribution is 7.99. The Balaban J connectivity index is 2.14. The van der Waals surface area contributed by atoms with Crippen molar-refractivity contribution in [2.24, 2.45) is 0 Å². The van der Waals surface area contributed by atoms with Gasteiger partial charge in [0.1, 0.15) is 0 Å². The number of thioether (sulfide) groups is 1. The summed E-state index contributed by atoms with van der Waals surface area (Å²) in [5.41, 5.74) is 9.01. The van der Waals surface area contributed by atoms with Crippen LogP contribution in [-0.4, -0.2) is 26.4 Å². The number of hydrogen-bond donors (Lipinski definition) is 2. The van der Waals surface area contributed by atoms with Crippen LogP contribution in [0.4, 0.5) is 11.6 Å². The van der Waals surface area contributed by atoms with Crippen LogP contribution < -0.4 is 11.1 Å². The number of amides is 1. The molecule has 0 fully saturated rings. The van der Waals surface area contributed by atoms with Gasteiger partial charge >= 0.3 is 0 Å². The number of rotatable bonds is 8. The number of allylic oxidation sites excluding steroid dienone is 1. The molecule has 2 rings (SSSR count). The van der Waals surface area contributed by atoms with Crippen LogP contribution in [0.25, 0.3) is 0 Å². The van der Waals surface area contributed by atoms with E-state index in [1.807, 2.05) is 0 Å². The molecule has 0 aliphatic rings. The van der Waals surface area contributed by atoms with Crippen molar-refractivity contribution in [3.8, 4) is 0 Å². The monoisotopic (exact) mass is 373 g/mol. The minimum absolute atomic E-state index is 0.0725. The van der Waals surface area contributed by atoms with Crippen LogP contribution in [0.5, 0.6) is 0 Å². The third-order valence-electron chi connectivity index (χ3n) is 4.03. The second-order valence-corrected chi connectivity index (χ2v) is 7.64. The van der Waals surface area contributed by atoms with E-state index in [0.29, 0.717) is 29.5 Å². The van der Waals surface area contributed by atoms with E-state index in [9.17, 15) is 4.79 Å². The number of nitrogens with one attached hydrogen (secondary N) is 1. The quantitative estimate of drug-likeness (QED) is 0.539. The molecule has 0 radical (unpaired) electrons. The number of benzene rings is 1. The van der Waals surface area contributed by atoms with Gasteiger partial charge in [0.05, 0.1) is 5.75 Å². The molecule has 0 unspecified atom stereocenters. The summed E-state index contributed by atoms with van der Waals surface area (Å²) in [6, 6.07) is 6.19. The first-order valence-corrected chi connectivity index (χ1v) is 9.68. The SMILES string of the molecule is C=CCn1c(N)nnc1SCC(=O)Nc1c(C(C)C)cccc1C(C)C. The lowest BCUT2D eigenvalue weighted by molar-refractivity contribution is -0.113. The van der Waals surface area contributed by atoms with Crippen molar-refractivity contribution >= 4 is 29.3 Å². The lowest BCUT2D eigenvalue weighted by atomic mass is 9.92. The van der Waals surface area contributed by atoms with Gasteiger partial charge in [0.15, 0.2) is 5.16 Å². The van der Waals surface area contributed by atoms with Crippen molar-refractivity contribution in [1.82, 2.24) is 14.8 Å². The minimum Gasteiger partial charge on any atom is -0.368 e. The molecule has 0 aliphatic carbocycles. The molecule has 1 amide bonds. The summed E-state index contributed by atoms with van der Waals surface area (Å²) in [6.45, 7) is 12.7. The van der Waals surface area contributed by atoms with Gasteiger partial charge in [0, 0.05) is 12.2 Å². The maximum Gasteiger partial charge on any atom is 0.234 e. The second-order valence-electron chi connectivity index (χ2n) is 6.70. The van der Waals surface area contributed by atoms with Crippen molar-refractivity contribution in [1.29, 1.82) is 0 Å². The van der Waals surface area contributed by atoms with E-state index in [4.69, 9.17) is 5.73 Å². The van der Waals surface area contributed by atoms with E-state index in [0.717, 1.165) is 16.8 Å². The fourth-order valence-corrected chi connectivity index (χ4v) is 3.46. The third kappa shape index (κ3) is 4.66. The summed E-state index contributed by atoms with van der Waals surface area (Å²) < 4.78 is 1.73. The molecule has 1 heterocycles. The van der Waals surface area contributed by atoms with Gasteiger partial charge in [-0.3, -0.25) is 9.36 Å². The molecule has 0 saturated heterocycles. The van der Waals surface area contributed by atoms with E-state index in [1.54, 1.807) is 10.6 Å².